The summed E-state index contributed by atoms with van der Waals surface area (Å²) in [7, 11) is 0. The first-order valence-electron chi connectivity index (χ1n) is 8.56. The zero-order chi connectivity index (χ0) is 18.5. The lowest BCUT2D eigenvalue weighted by atomic mass is 9.81. The van der Waals surface area contributed by atoms with Gasteiger partial charge in [-0.1, -0.05) is 35.4 Å². The van der Waals surface area contributed by atoms with Crippen LogP contribution >= 0.6 is 0 Å². The summed E-state index contributed by atoms with van der Waals surface area (Å²) in [6.07, 6.45) is 1.90. The van der Waals surface area contributed by atoms with Crippen LogP contribution in [0.2, 0.25) is 0 Å². The van der Waals surface area contributed by atoms with Crippen LogP contribution in [0.1, 0.15) is 45.6 Å². The minimum Gasteiger partial charge on any atom is -0.444 e. The summed E-state index contributed by atoms with van der Waals surface area (Å²) in [5, 5.41) is 15.1. The van der Waals surface area contributed by atoms with Crippen LogP contribution < -0.4 is 0 Å². The number of likely N-dealkylation sites (tertiary alicyclic amines) is 1. The second-order valence-electron chi connectivity index (χ2n) is 7.36. The molecule has 1 aliphatic rings. The average Bonchev–Trinajstić information content (AvgIpc) is 2.59. The smallest absolute Gasteiger partial charge is 0.410 e. The third-order valence-electron chi connectivity index (χ3n) is 4.33. The molecule has 1 aromatic rings. The molecule has 1 heterocycles. The van der Waals surface area contributed by atoms with Crippen molar-refractivity contribution < 1.29 is 14.6 Å². The largest absolute Gasteiger partial charge is 0.444 e. The number of azide groups is 1. The summed E-state index contributed by atoms with van der Waals surface area (Å²) in [5.74, 6) is 0. The monoisotopic (exact) mass is 346 g/mol. The molecule has 136 valence electrons. The van der Waals surface area contributed by atoms with E-state index in [4.69, 9.17) is 10.3 Å². The van der Waals surface area contributed by atoms with Crippen molar-refractivity contribution in [3.63, 3.8) is 0 Å². The van der Waals surface area contributed by atoms with Crippen LogP contribution in [-0.4, -0.2) is 40.8 Å². The zero-order valence-corrected chi connectivity index (χ0v) is 15.1. The number of hydrogen-bond acceptors (Lipinski definition) is 4. The Kier molecular flexibility index (Phi) is 5.93. The van der Waals surface area contributed by atoms with Crippen molar-refractivity contribution in [1.82, 2.24) is 4.90 Å². The molecule has 0 aliphatic carbocycles. The van der Waals surface area contributed by atoms with Crippen molar-refractivity contribution in [2.24, 2.45) is 5.11 Å². The van der Waals surface area contributed by atoms with E-state index in [-0.39, 0.29) is 6.54 Å². The van der Waals surface area contributed by atoms with Crippen molar-refractivity contribution in [3.8, 4) is 0 Å². The molecule has 2 atom stereocenters. The predicted octanol–water partition coefficient (Wildman–Crippen LogP) is 3.97. The lowest BCUT2D eigenvalue weighted by molar-refractivity contribution is -0.0677. The van der Waals surface area contributed by atoms with Gasteiger partial charge < -0.3 is 14.7 Å². The highest BCUT2D eigenvalue weighted by Crippen LogP contribution is 2.35. The van der Waals surface area contributed by atoms with Gasteiger partial charge in [-0.25, -0.2) is 4.79 Å². The topological polar surface area (TPSA) is 98.5 Å². The van der Waals surface area contributed by atoms with Crippen molar-refractivity contribution >= 4 is 6.09 Å². The molecule has 0 radical (unpaired) electrons. The van der Waals surface area contributed by atoms with Crippen LogP contribution in [0.25, 0.3) is 10.4 Å². The molecule has 0 unspecified atom stereocenters. The van der Waals surface area contributed by atoms with Gasteiger partial charge in [0, 0.05) is 11.5 Å². The van der Waals surface area contributed by atoms with Gasteiger partial charge in [0.05, 0.1) is 12.6 Å². The molecule has 1 saturated heterocycles. The van der Waals surface area contributed by atoms with Gasteiger partial charge in [0.2, 0.25) is 0 Å². The molecule has 2 rings (SSSR count). The molecule has 1 aromatic carbocycles. The van der Waals surface area contributed by atoms with Crippen LogP contribution in [0, 0.1) is 0 Å². The quantitative estimate of drug-likeness (QED) is 0.507. The highest BCUT2D eigenvalue weighted by molar-refractivity contribution is 5.69. The molecule has 0 spiro atoms. The second kappa shape index (κ2) is 7.76. The summed E-state index contributed by atoms with van der Waals surface area (Å²) in [6.45, 7) is 5.80. The first kappa shape index (κ1) is 19.1. The third-order valence-corrected chi connectivity index (χ3v) is 4.33. The molecular formula is C18H26N4O3. The number of carbonyl (C=O) groups excluding carboxylic acids is 1. The van der Waals surface area contributed by atoms with Gasteiger partial charge in [0.25, 0.3) is 0 Å². The van der Waals surface area contributed by atoms with Crippen LogP contribution in [0.3, 0.4) is 0 Å². The van der Waals surface area contributed by atoms with Crippen molar-refractivity contribution in [2.75, 3.05) is 13.1 Å². The van der Waals surface area contributed by atoms with E-state index in [1.807, 2.05) is 39.0 Å². The summed E-state index contributed by atoms with van der Waals surface area (Å²) in [4.78, 5) is 17.0. The minimum absolute atomic E-state index is 0.141. The molecule has 0 aromatic heterocycles. The number of benzene rings is 1. The number of amides is 1. The Morgan fingerprint density at radius 3 is 2.64 bits per heavy atom. The van der Waals surface area contributed by atoms with E-state index in [9.17, 15) is 9.90 Å². The number of aliphatic hydroxyl groups is 1. The third kappa shape index (κ3) is 4.65. The molecule has 1 N–H and O–H groups in total. The van der Waals surface area contributed by atoms with E-state index >= 15 is 0 Å². The standard InChI is InChI=1S/C18H26N4O3/c1-17(2,3)25-16(23)22-12-8-7-11-15(22)18(24,13-20-21-19)14-9-5-4-6-10-14/h4-6,9-10,15,24H,7-8,11-13H2,1-3H3/t15-,18-/m0/s1. The summed E-state index contributed by atoms with van der Waals surface area (Å²) >= 11 is 0. The molecule has 0 saturated carbocycles. The Morgan fingerprint density at radius 1 is 1.36 bits per heavy atom. The maximum Gasteiger partial charge on any atom is 0.410 e. The van der Waals surface area contributed by atoms with E-state index in [2.05, 4.69) is 10.0 Å². The average molecular weight is 346 g/mol. The molecule has 1 aliphatic heterocycles. The van der Waals surface area contributed by atoms with Crippen molar-refractivity contribution in [1.29, 1.82) is 0 Å². The van der Waals surface area contributed by atoms with E-state index in [1.54, 1.807) is 17.0 Å². The predicted molar refractivity (Wildman–Crippen MR) is 94.9 cm³/mol. The fraction of sp³-hybridized carbons (Fsp3) is 0.611. The van der Waals surface area contributed by atoms with Crippen LogP contribution in [0.5, 0.6) is 0 Å². The van der Waals surface area contributed by atoms with Gasteiger partial charge in [-0.2, -0.15) is 0 Å². The maximum absolute atomic E-state index is 12.7. The van der Waals surface area contributed by atoms with Gasteiger partial charge >= 0.3 is 6.09 Å². The molecule has 7 nitrogen and oxygen atoms in total. The molecule has 0 bridgehead atoms. The number of rotatable bonds is 4. The van der Waals surface area contributed by atoms with E-state index in [1.165, 1.54) is 0 Å². The number of carbonyl (C=O) groups is 1. The first-order valence-corrected chi connectivity index (χ1v) is 8.56. The van der Waals surface area contributed by atoms with Gasteiger partial charge in [-0.15, -0.1) is 0 Å². The van der Waals surface area contributed by atoms with Gasteiger partial charge in [0.1, 0.15) is 11.2 Å². The van der Waals surface area contributed by atoms with Crippen LogP contribution in [-0.2, 0) is 10.3 Å². The Balaban J connectivity index is 2.38. The Bertz CT molecular complexity index is 637. The highest BCUT2D eigenvalue weighted by Gasteiger charge is 2.45. The molecule has 1 fully saturated rings. The lowest BCUT2D eigenvalue weighted by Crippen LogP contribution is -2.57. The van der Waals surface area contributed by atoms with Crippen molar-refractivity contribution in [2.45, 2.75) is 57.3 Å². The lowest BCUT2D eigenvalue weighted by Gasteiger charge is -2.45. The van der Waals surface area contributed by atoms with Gasteiger partial charge in [-0.3, -0.25) is 0 Å². The zero-order valence-electron chi connectivity index (χ0n) is 15.1. The fourth-order valence-corrected chi connectivity index (χ4v) is 3.22. The first-order chi connectivity index (χ1) is 11.8. The summed E-state index contributed by atoms with van der Waals surface area (Å²) < 4.78 is 5.52. The Labute approximate surface area is 148 Å². The normalized spacial score (nSPS) is 20.3. The molecular weight excluding hydrogens is 320 g/mol. The number of ether oxygens (including phenoxy) is 1. The SMILES string of the molecule is CC(C)(C)OC(=O)N1CCCC[C@H]1[C@](O)(CN=[N+]=[N-])c1ccccc1. The molecule has 1 amide bonds. The Morgan fingerprint density at radius 2 is 2.04 bits per heavy atom. The van der Waals surface area contributed by atoms with E-state index < -0.39 is 23.3 Å². The fourth-order valence-electron chi connectivity index (χ4n) is 3.22. The number of nitrogens with zero attached hydrogens (tertiary/aromatic N) is 4. The number of hydrogen-bond donors (Lipinski definition) is 1. The van der Waals surface area contributed by atoms with Crippen molar-refractivity contribution in [3.05, 3.63) is 46.3 Å². The van der Waals surface area contributed by atoms with Crippen LogP contribution in [0.15, 0.2) is 35.4 Å². The minimum atomic E-state index is -1.45. The molecule has 25 heavy (non-hydrogen) atoms. The molecule has 7 heteroatoms. The second-order valence-corrected chi connectivity index (χ2v) is 7.36. The van der Waals surface area contributed by atoms with E-state index in [0.29, 0.717) is 18.5 Å². The highest BCUT2D eigenvalue weighted by atomic mass is 16.6. The van der Waals surface area contributed by atoms with Crippen LogP contribution in [0.4, 0.5) is 4.79 Å². The summed E-state index contributed by atoms with van der Waals surface area (Å²) in [5.41, 5.74) is 7.30. The van der Waals surface area contributed by atoms with Gasteiger partial charge in [-0.05, 0) is 51.1 Å². The number of piperidine rings is 1. The maximum atomic E-state index is 12.7. The summed E-state index contributed by atoms with van der Waals surface area (Å²) in [6, 6.07) is 8.55. The van der Waals surface area contributed by atoms with Gasteiger partial charge in [0.15, 0.2) is 0 Å². The Hall–Kier alpha value is -2.24. The van der Waals surface area contributed by atoms with E-state index in [0.717, 1.165) is 12.8 Å².